The lowest BCUT2D eigenvalue weighted by atomic mass is 10.1. The van der Waals surface area contributed by atoms with Gasteiger partial charge in [0.2, 0.25) is 0 Å². The Morgan fingerprint density at radius 2 is 1.77 bits per heavy atom. The fourth-order valence-corrected chi connectivity index (χ4v) is 1.81. The van der Waals surface area contributed by atoms with Gasteiger partial charge in [-0.1, -0.05) is 25.1 Å². The first-order chi connectivity index (χ1) is 10.5. The molecule has 0 aliphatic rings. The van der Waals surface area contributed by atoms with Gasteiger partial charge in [0.05, 0.1) is 5.56 Å². The molecule has 0 atom stereocenters. The standard InChI is InChI=1S/C15H13N3O4/c1-2-12-8-11(9-13(16-12)18(21)22)15(20)17-14(19)10-6-4-3-5-7-10/h3-9H,2H2,1H3,(H,17,19,20). The number of aryl methyl sites for hydroxylation is 1. The Bertz CT molecular complexity index is 729. The second-order valence-corrected chi connectivity index (χ2v) is 4.47. The van der Waals surface area contributed by atoms with Crippen molar-refractivity contribution < 1.29 is 14.5 Å². The molecule has 1 N–H and O–H groups in total. The third-order valence-electron chi connectivity index (χ3n) is 2.94. The van der Waals surface area contributed by atoms with Crippen molar-refractivity contribution in [2.75, 3.05) is 0 Å². The number of rotatable bonds is 4. The molecule has 2 aromatic rings. The summed E-state index contributed by atoms with van der Waals surface area (Å²) in [4.78, 5) is 38.0. The molecule has 0 saturated heterocycles. The molecule has 22 heavy (non-hydrogen) atoms. The van der Waals surface area contributed by atoms with Crippen LogP contribution >= 0.6 is 0 Å². The van der Waals surface area contributed by atoms with Crippen molar-refractivity contribution in [2.24, 2.45) is 0 Å². The maximum Gasteiger partial charge on any atom is 0.364 e. The second kappa shape index (κ2) is 6.57. The molecule has 2 rings (SSSR count). The molecule has 0 radical (unpaired) electrons. The van der Waals surface area contributed by atoms with Gasteiger partial charge in [-0.05, 0) is 28.1 Å². The topological polar surface area (TPSA) is 102 Å². The van der Waals surface area contributed by atoms with E-state index in [0.29, 0.717) is 17.7 Å². The number of pyridine rings is 1. The zero-order valence-corrected chi connectivity index (χ0v) is 11.8. The zero-order chi connectivity index (χ0) is 16.1. The lowest BCUT2D eigenvalue weighted by Gasteiger charge is -2.04. The molecule has 0 aliphatic heterocycles. The molecule has 1 aromatic heterocycles. The molecule has 0 saturated carbocycles. The number of aromatic nitrogens is 1. The number of carbonyl (C=O) groups excluding carboxylic acids is 2. The van der Waals surface area contributed by atoms with Crippen molar-refractivity contribution in [2.45, 2.75) is 13.3 Å². The van der Waals surface area contributed by atoms with E-state index in [0.717, 1.165) is 6.07 Å². The van der Waals surface area contributed by atoms with Crippen molar-refractivity contribution in [3.05, 3.63) is 69.4 Å². The lowest BCUT2D eigenvalue weighted by Crippen LogP contribution is -2.30. The second-order valence-electron chi connectivity index (χ2n) is 4.47. The summed E-state index contributed by atoms with van der Waals surface area (Å²) in [5.41, 5.74) is 0.768. The van der Waals surface area contributed by atoms with E-state index in [-0.39, 0.29) is 5.56 Å². The first kappa shape index (κ1) is 15.3. The van der Waals surface area contributed by atoms with Gasteiger partial charge in [0, 0.05) is 18.1 Å². The summed E-state index contributed by atoms with van der Waals surface area (Å²) in [7, 11) is 0. The first-order valence-corrected chi connectivity index (χ1v) is 6.57. The van der Waals surface area contributed by atoms with Crippen LogP contribution in [0.4, 0.5) is 5.82 Å². The molecular weight excluding hydrogens is 286 g/mol. The largest absolute Gasteiger partial charge is 0.364 e. The zero-order valence-electron chi connectivity index (χ0n) is 11.8. The predicted octanol–water partition coefficient (Wildman–Crippen LogP) is 2.12. The third-order valence-corrected chi connectivity index (χ3v) is 2.94. The number of benzene rings is 1. The summed E-state index contributed by atoms with van der Waals surface area (Å²) in [6.45, 7) is 1.77. The fourth-order valence-electron chi connectivity index (χ4n) is 1.81. The van der Waals surface area contributed by atoms with Gasteiger partial charge in [-0.3, -0.25) is 14.9 Å². The number of imide groups is 1. The van der Waals surface area contributed by atoms with E-state index in [2.05, 4.69) is 10.3 Å². The third kappa shape index (κ3) is 3.51. The molecule has 7 nitrogen and oxygen atoms in total. The van der Waals surface area contributed by atoms with Crippen molar-refractivity contribution in [1.82, 2.24) is 10.3 Å². The van der Waals surface area contributed by atoms with Gasteiger partial charge in [0.15, 0.2) is 5.69 Å². The first-order valence-electron chi connectivity index (χ1n) is 6.57. The summed E-state index contributed by atoms with van der Waals surface area (Å²) >= 11 is 0. The number of carbonyl (C=O) groups is 2. The SMILES string of the molecule is CCc1cc(C(=O)NC(=O)c2ccccc2)cc([N+](=O)[O-])n1. The van der Waals surface area contributed by atoms with Gasteiger partial charge in [0.25, 0.3) is 11.8 Å². The van der Waals surface area contributed by atoms with E-state index in [1.165, 1.54) is 6.07 Å². The van der Waals surface area contributed by atoms with Crippen LogP contribution in [0.1, 0.15) is 33.3 Å². The minimum atomic E-state index is -0.700. The Morgan fingerprint density at radius 3 is 2.36 bits per heavy atom. The predicted molar refractivity (Wildman–Crippen MR) is 78.5 cm³/mol. The molecule has 0 unspecified atom stereocenters. The summed E-state index contributed by atoms with van der Waals surface area (Å²) in [6.07, 6.45) is 0.439. The molecule has 1 heterocycles. The molecule has 0 aliphatic carbocycles. The molecule has 0 bridgehead atoms. The summed E-state index contributed by atoms with van der Waals surface area (Å²) in [5, 5.41) is 13.0. The summed E-state index contributed by atoms with van der Waals surface area (Å²) in [6, 6.07) is 10.7. The number of amides is 2. The van der Waals surface area contributed by atoms with Crippen LogP contribution in [0.5, 0.6) is 0 Å². The highest BCUT2D eigenvalue weighted by Crippen LogP contribution is 2.13. The Morgan fingerprint density at radius 1 is 1.14 bits per heavy atom. The summed E-state index contributed by atoms with van der Waals surface area (Å²) in [5.74, 6) is -1.69. The Labute approximate surface area is 126 Å². The smallest absolute Gasteiger partial charge is 0.358 e. The highest BCUT2D eigenvalue weighted by atomic mass is 16.6. The van der Waals surface area contributed by atoms with Gasteiger partial charge < -0.3 is 10.1 Å². The van der Waals surface area contributed by atoms with Crippen molar-refractivity contribution in [3.8, 4) is 0 Å². The number of nitrogens with one attached hydrogen (secondary N) is 1. The maximum atomic E-state index is 12.1. The van der Waals surface area contributed by atoms with Crippen LogP contribution in [0.25, 0.3) is 0 Å². The Hall–Kier alpha value is -3.09. The maximum absolute atomic E-state index is 12.1. The highest BCUT2D eigenvalue weighted by molar-refractivity contribution is 6.10. The van der Waals surface area contributed by atoms with Crippen LogP contribution in [-0.2, 0) is 6.42 Å². The van der Waals surface area contributed by atoms with E-state index < -0.39 is 22.6 Å². The van der Waals surface area contributed by atoms with Gasteiger partial charge in [0.1, 0.15) is 0 Å². The van der Waals surface area contributed by atoms with Gasteiger partial charge >= 0.3 is 5.82 Å². The van der Waals surface area contributed by atoms with Crippen LogP contribution in [0.15, 0.2) is 42.5 Å². The van der Waals surface area contributed by atoms with Crippen LogP contribution in [0.2, 0.25) is 0 Å². The van der Waals surface area contributed by atoms with Gasteiger partial charge in [-0.2, -0.15) is 0 Å². The number of hydrogen-bond donors (Lipinski definition) is 1. The fraction of sp³-hybridized carbons (Fsp3) is 0.133. The average Bonchev–Trinajstić information content (AvgIpc) is 2.54. The quantitative estimate of drug-likeness (QED) is 0.529. The molecular formula is C15H13N3O4. The van der Waals surface area contributed by atoms with Crippen LogP contribution < -0.4 is 5.32 Å². The van der Waals surface area contributed by atoms with E-state index in [1.54, 1.807) is 37.3 Å². The van der Waals surface area contributed by atoms with Gasteiger partial charge in [-0.15, -0.1) is 0 Å². The number of nitro groups is 1. The highest BCUT2D eigenvalue weighted by Gasteiger charge is 2.18. The average molecular weight is 299 g/mol. The number of hydrogen-bond acceptors (Lipinski definition) is 5. The minimum absolute atomic E-state index is 0.0304. The van der Waals surface area contributed by atoms with Gasteiger partial charge in [-0.25, -0.2) is 0 Å². The van der Waals surface area contributed by atoms with E-state index in [4.69, 9.17) is 0 Å². The van der Waals surface area contributed by atoms with Crippen LogP contribution in [0.3, 0.4) is 0 Å². The normalized spacial score (nSPS) is 10.0. The molecule has 0 spiro atoms. The monoisotopic (exact) mass is 299 g/mol. The molecule has 112 valence electrons. The van der Waals surface area contributed by atoms with Crippen molar-refractivity contribution in [1.29, 1.82) is 0 Å². The number of nitrogens with zero attached hydrogens (tertiary/aromatic N) is 2. The lowest BCUT2D eigenvalue weighted by molar-refractivity contribution is -0.389. The van der Waals surface area contributed by atoms with Crippen LogP contribution in [0, 0.1) is 10.1 Å². The molecule has 0 fully saturated rings. The van der Waals surface area contributed by atoms with E-state index in [9.17, 15) is 19.7 Å². The van der Waals surface area contributed by atoms with Crippen molar-refractivity contribution >= 4 is 17.6 Å². The molecule has 1 aromatic carbocycles. The minimum Gasteiger partial charge on any atom is -0.358 e. The van der Waals surface area contributed by atoms with E-state index >= 15 is 0 Å². The summed E-state index contributed by atoms with van der Waals surface area (Å²) < 4.78 is 0. The molecule has 7 heteroatoms. The molecule has 2 amide bonds. The van der Waals surface area contributed by atoms with Crippen LogP contribution in [-0.4, -0.2) is 21.7 Å². The van der Waals surface area contributed by atoms with E-state index in [1.807, 2.05) is 0 Å². The Balaban J connectivity index is 2.24. The Kier molecular flexibility index (Phi) is 4.57. The van der Waals surface area contributed by atoms with Crippen molar-refractivity contribution in [3.63, 3.8) is 0 Å².